The second-order valence-electron chi connectivity index (χ2n) is 3.49. The number of nitrogens with two attached hydrogens (primary N) is 1. The van der Waals surface area contributed by atoms with E-state index in [-0.39, 0.29) is 0 Å². The van der Waals surface area contributed by atoms with E-state index in [1.165, 1.54) is 0 Å². The van der Waals surface area contributed by atoms with Gasteiger partial charge in [-0.25, -0.2) is 0 Å². The fraction of sp³-hybridized carbons (Fsp3) is 0.182. The zero-order valence-corrected chi connectivity index (χ0v) is 8.94. The first-order valence-corrected chi connectivity index (χ1v) is 4.71. The van der Waals surface area contributed by atoms with Gasteiger partial charge in [-0.2, -0.15) is 5.10 Å². The molecular weight excluding hydrogens is 188 g/mol. The van der Waals surface area contributed by atoms with Crippen molar-refractivity contribution in [2.75, 3.05) is 5.73 Å². The monoisotopic (exact) mass is 202 g/mol. The van der Waals surface area contributed by atoms with Crippen molar-refractivity contribution in [3.05, 3.63) is 30.6 Å². The number of hydrogen-bond donors (Lipinski definition) is 1. The largest absolute Gasteiger partial charge is 0.395 e. The van der Waals surface area contributed by atoms with Crippen molar-refractivity contribution in [2.24, 2.45) is 14.1 Å². The second kappa shape index (κ2) is 3.31. The average Bonchev–Trinajstić information content (AvgIpc) is 2.67. The number of hydrogen-bond acceptors (Lipinski definition) is 2. The third-order valence-corrected chi connectivity index (χ3v) is 2.45. The Bertz CT molecular complexity index is 505. The van der Waals surface area contributed by atoms with E-state index < -0.39 is 0 Å². The van der Waals surface area contributed by atoms with Crippen molar-refractivity contribution in [1.29, 1.82) is 0 Å². The molecule has 4 nitrogen and oxygen atoms in total. The Morgan fingerprint density at radius 2 is 2.20 bits per heavy atom. The molecule has 0 spiro atoms. The van der Waals surface area contributed by atoms with E-state index >= 15 is 0 Å². The Morgan fingerprint density at radius 1 is 1.47 bits per heavy atom. The smallest absolute Gasteiger partial charge is 0.134 e. The lowest BCUT2D eigenvalue weighted by Crippen LogP contribution is -1.95. The Balaban J connectivity index is 2.70. The van der Waals surface area contributed by atoms with Crippen molar-refractivity contribution in [3.63, 3.8) is 0 Å². The summed E-state index contributed by atoms with van der Waals surface area (Å²) in [7, 11) is 3.86. The van der Waals surface area contributed by atoms with Gasteiger partial charge in [0.05, 0.1) is 16.9 Å². The van der Waals surface area contributed by atoms with Crippen molar-refractivity contribution < 1.29 is 0 Å². The molecule has 78 valence electrons. The van der Waals surface area contributed by atoms with Gasteiger partial charge >= 0.3 is 0 Å². The van der Waals surface area contributed by atoms with Gasteiger partial charge in [0.25, 0.3) is 0 Å². The summed E-state index contributed by atoms with van der Waals surface area (Å²) in [5, 5.41) is 4.31. The van der Waals surface area contributed by atoms with Gasteiger partial charge in [0.1, 0.15) is 5.52 Å². The highest BCUT2D eigenvalue weighted by atomic mass is 15.3. The van der Waals surface area contributed by atoms with Crippen LogP contribution in [-0.4, -0.2) is 14.3 Å². The Hall–Kier alpha value is -1.97. The molecule has 0 saturated heterocycles. The normalized spacial score (nSPS) is 11.6. The van der Waals surface area contributed by atoms with Crippen LogP contribution in [0.3, 0.4) is 0 Å². The summed E-state index contributed by atoms with van der Waals surface area (Å²) in [6, 6.07) is 0. The van der Waals surface area contributed by atoms with E-state index in [0.29, 0.717) is 5.69 Å². The van der Waals surface area contributed by atoms with Gasteiger partial charge in [0.2, 0.25) is 0 Å². The molecule has 2 rings (SSSR count). The highest BCUT2D eigenvalue weighted by Crippen LogP contribution is 2.26. The molecule has 0 saturated carbocycles. The Labute approximate surface area is 88.3 Å². The summed E-state index contributed by atoms with van der Waals surface area (Å²) in [5.41, 5.74) is 9.58. The highest BCUT2D eigenvalue weighted by Gasteiger charge is 2.12. The maximum atomic E-state index is 6.01. The molecule has 0 aliphatic heterocycles. The fourth-order valence-corrected chi connectivity index (χ4v) is 1.71. The number of rotatable bonds is 2. The fourth-order valence-electron chi connectivity index (χ4n) is 1.71. The quantitative estimate of drug-likeness (QED) is 0.753. The van der Waals surface area contributed by atoms with Gasteiger partial charge in [-0.1, -0.05) is 18.7 Å². The molecule has 0 amide bonds. The van der Waals surface area contributed by atoms with Crippen molar-refractivity contribution in [2.45, 2.75) is 0 Å². The van der Waals surface area contributed by atoms with E-state index in [4.69, 9.17) is 5.73 Å². The molecule has 0 aromatic carbocycles. The molecule has 0 atom stereocenters. The van der Waals surface area contributed by atoms with E-state index in [1.54, 1.807) is 10.8 Å². The molecule has 2 aromatic heterocycles. The van der Waals surface area contributed by atoms with Gasteiger partial charge in [0, 0.05) is 20.3 Å². The predicted octanol–water partition coefficient (Wildman–Crippen LogP) is 1.69. The maximum absolute atomic E-state index is 6.01. The summed E-state index contributed by atoms with van der Waals surface area (Å²) in [6.45, 7) is 3.63. The van der Waals surface area contributed by atoms with Crippen molar-refractivity contribution in [1.82, 2.24) is 14.3 Å². The second-order valence-corrected chi connectivity index (χ2v) is 3.49. The number of fused-ring (bicyclic) bond motifs is 1. The summed E-state index contributed by atoms with van der Waals surface area (Å²) < 4.78 is 3.79. The number of anilines is 1. The molecule has 0 aliphatic rings. The number of allylic oxidation sites excluding steroid dienone is 2. The minimum atomic E-state index is 0.714. The topological polar surface area (TPSA) is 48.8 Å². The molecule has 0 aliphatic carbocycles. The summed E-state index contributed by atoms with van der Waals surface area (Å²) in [6.07, 6.45) is 7.48. The van der Waals surface area contributed by atoms with E-state index in [9.17, 15) is 0 Å². The molecule has 0 fully saturated rings. The van der Waals surface area contributed by atoms with Crippen LogP contribution in [0.5, 0.6) is 0 Å². The Morgan fingerprint density at radius 3 is 2.80 bits per heavy atom. The van der Waals surface area contributed by atoms with Crippen molar-refractivity contribution >= 4 is 22.8 Å². The summed E-state index contributed by atoms with van der Waals surface area (Å²) >= 11 is 0. The van der Waals surface area contributed by atoms with Gasteiger partial charge < -0.3 is 10.3 Å². The van der Waals surface area contributed by atoms with Crippen LogP contribution < -0.4 is 5.73 Å². The van der Waals surface area contributed by atoms with E-state index in [2.05, 4.69) is 11.7 Å². The number of aromatic nitrogens is 3. The maximum Gasteiger partial charge on any atom is 0.134 e. The lowest BCUT2D eigenvalue weighted by atomic mass is 10.3. The molecule has 2 heterocycles. The van der Waals surface area contributed by atoms with Gasteiger partial charge in [-0.05, 0) is 6.08 Å². The third kappa shape index (κ3) is 1.34. The van der Waals surface area contributed by atoms with Crippen LogP contribution in [0.25, 0.3) is 17.1 Å². The van der Waals surface area contributed by atoms with Gasteiger partial charge in [0.15, 0.2) is 0 Å². The number of nitrogen functional groups attached to an aromatic ring is 1. The first-order valence-electron chi connectivity index (χ1n) is 4.71. The standard InChI is InChI=1S/C11H14N4/c1-4-5-6-8-10(12)11-9(15(8)3)7-14(2)13-11/h4-7H,1,12H2,2-3H3/b6-5-. The summed E-state index contributed by atoms with van der Waals surface area (Å²) in [4.78, 5) is 0. The predicted molar refractivity (Wildman–Crippen MR) is 63.3 cm³/mol. The number of aryl methyl sites for hydroxylation is 2. The third-order valence-electron chi connectivity index (χ3n) is 2.45. The Kier molecular flexibility index (Phi) is 2.11. The van der Waals surface area contributed by atoms with Gasteiger partial charge in [-0.3, -0.25) is 4.68 Å². The first-order chi connectivity index (χ1) is 7.15. The lowest BCUT2D eigenvalue weighted by molar-refractivity contribution is 0.776. The molecule has 0 bridgehead atoms. The van der Waals surface area contributed by atoms with E-state index in [0.717, 1.165) is 16.7 Å². The minimum Gasteiger partial charge on any atom is -0.395 e. The van der Waals surface area contributed by atoms with Crippen LogP contribution in [0.15, 0.2) is 24.9 Å². The SMILES string of the molecule is C=C/C=C\c1c(N)c2nn(C)cc2n1C. The van der Waals surface area contributed by atoms with Crippen LogP contribution in [0.1, 0.15) is 5.69 Å². The van der Waals surface area contributed by atoms with Gasteiger partial charge in [-0.15, -0.1) is 0 Å². The van der Waals surface area contributed by atoms with Crippen LogP contribution in [0.2, 0.25) is 0 Å². The minimum absolute atomic E-state index is 0.714. The molecule has 2 aromatic rings. The van der Waals surface area contributed by atoms with Crippen molar-refractivity contribution in [3.8, 4) is 0 Å². The molecule has 0 unspecified atom stereocenters. The zero-order chi connectivity index (χ0) is 11.0. The number of nitrogens with zero attached hydrogens (tertiary/aromatic N) is 3. The van der Waals surface area contributed by atoms with Crippen LogP contribution >= 0.6 is 0 Å². The van der Waals surface area contributed by atoms with E-state index in [1.807, 2.05) is 37.0 Å². The highest BCUT2D eigenvalue weighted by molar-refractivity contribution is 5.93. The molecule has 0 radical (unpaired) electrons. The van der Waals surface area contributed by atoms with Crippen LogP contribution in [-0.2, 0) is 14.1 Å². The summed E-state index contributed by atoms with van der Waals surface area (Å²) in [5.74, 6) is 0. The first kappa shape index (κ1) is 9.58. The molecule has 15 heavy (non-hydrogen) atoms. The lowest BCUT2D eigenvalue weighted by Gasteiger charge is -1.98. The molecule has 4 heteroatoms. The van der Waals surface area contributed by atoms with Crippen LogP contribution in [0.4, 0.5) is 5.69 Å². The zero-order valence-electron chi connectivity index (χ0n) is 8.94. The average molecular weight is 202 g/mol. The molecular formula is C11H14N4. The molecule has 2 N–H and O–H groups in total. The van der Waals surface area contributed by atoms with Crippen LogP contribution in [0, 0.1) is 0 Å².